The van der Waals surface area contributed by atoms with Crippen molar-refractivity contribution in [2.75, 3.05) is 6.61 Å². The van der Waals surface area contributed by atoms with E-state index < -0.39 is 11.7 Å². The molecule has 2 N–H and O–H groups in total. The summed E-state index contributed by atoms with van der Waals surface area (Å²) in [5.74, 6) is 0.635. The van der Waals surface area contributed by atoms with Crippen LogP contribution in [0.5, 0.6) is 5.75 Å². The lowest BCUT2D eigenvalue weighted by molar-refractivity contribution is -0.137. The maximum Gasteiger partial charge on any atom is 0.419 e. The maximum absolute atomic E-state index is 12.4. The molecule has 108 valence electrons. The number of nitrogens with zero attached hydrogens (tertiary/aromatic N) is 2. The summed E-state index contributed by atoms with van der Waals surface area (Å²) in [4.78, 5) is 0. The van der Waals surface area contributed by atoms with Gasteiger partial charge in [0.2, 0.25) is 0 Å². The summed E-state index contributed by atoms with van der Waals surface area (Å²) in [5, 5.41) is 3.64. The van der Waals surface area contributed by atoms with Crippen molar-refractivity contribution in [2.24, 2.45) is 5.73 Å². The van der Waals surface area contributed by atoms with E-state index >= 15 is 0 Å². The van der Waals surface area contributed by atoms with E-state index in [1.807, 2.05) is 12.1 Å². The van der Waals surface area contributed by atoms with E-state index in [9.17, 15) is 13.2 Å². The average molecular weight is 285 g/mol. The summed E-state index contributed by atoms with van der Waals surface area (Å²) in [6, 6.07) is 7.25. The molecule has 0 saturated heterocycles. The lowest BCUT2D eigenvalue weighted by Crippen LogP contribution is -2.09. The molecule has 1 aromatic carbocycles. The molecule has 7 heteroatoms. The third-order valence-corrected chi connectivity index (χ3v) is 2.68. The van der Waals surface area contributed by atoms with Crippen molar-refractivity contribution < 1.29 is 17.9 Å². The van der Waals surface area contributed by atoms with Crippen LogP contribution in [-0.4, -0.2) is 16.4 Å². The van der Waals surface area contributed by atoms with Crippen molar-refractivity contribution in [3.63, 3.8) is 0 Å². The molecular weight excluding hydrogens is 271 g/mol. The van der Waals surface area contributed by atoms with E-state index in [0.29, 0.717) is 12.3 Å². The van der Waals surface area contributed by atoms with E-state index in [1.54, 1.807) is 12.1 Å². The molecule has 1 heterocycles. The average Bonchev–Trinajstić information content (AvgIpc) is 2.88. The number of alkyl halides is 3. The molecule has 0 aliphatic rings. The van der Waals surface area contributed by atoms with Crippen molar-refractivity contribution >= 4 is 0 Å². The highest BCUT2D eigenvalue weighted by atomic mass is 19.4. The Bertz CT molecular complexity index is 566. The van der Waals surface area contributed by atoms with Crippen molar-refractivity contribution in [3.8, 4) is 5.75 Å². The Kier molecular flexibility index (Phi) is 4.29. The van der Waals surface area contributed by atoms with Crippen LogP contribution in [0.15, 0.2) is 36.7 Å². The van der Waals surface area contributed by atoms with Gasteiger partial charge in [-0.2, -0.15) is 18.3 Å². The van der Waals surface area contributed by atoms with Gasteiger partial charge in [0.25, 0.3) is 0 Å². The first kappa shape index (κ1) is 14.4. The minimum Gasteiger partial charge on any atom is -0.492 e. The van der Waals surface area contributed by atoms with E-state index in [4.69, 9.17) is 10.5 Å². The van der Waals surface area contributed by atoms with Gasteiger partial charge in [-0.15, -0.1) is 0 Å². The molecule has 20 heavy (non-hydrogen) atoms. The highest BCUT2D eigenvalue weighted by Crippen LogP contribution is 2.28. The van der Waals surface area contributed by atoms with Gasteiger partial charge < -0.3 is 10.5 Å². The normalized spacial score (nSPS) is 11.6. The van der Waals surface area contributed by atoms with Gasteiger partial charge in [0, 0.05) is 12.7 Å². The Labute approximate surface area is 114 Å². The van der Waals surface area contributed by atoms with Gasteiger partial charge in [-0.1, -0.05) is 12.1 Å². The van der Waals surface area contributed by atoms with Gasteiger partial charge >= 0.3 is 6.18 Å². The van der Waals surface area contributed by atoms with Crippen LogP contribution in [0, 0.1) is 0 Å². The molecule has 2 rings (SSSR count). The summed E-state index contributed by atoms with van der Waals surface area (Å²) in [6.45, 7) is 0.876. The van der Waals surface area contributed by atoms with E-state index in [2.05, 4.69) is 5.10 Å². The molecule has 2 aromatic rings. The fraction of sp³-hybridized carbons (Fsp3) is 0.308. The Balaban J connectivity index is 1.88. The Morgan fingerprint density at radius 1 is 1.30 bits per heavy atom. The third kappa shape index (κ3) is 3.74. The molecule has 0 aliphatic carbocycles. The number of ether oxygens (including phenoxy) is 1. The number of hydrogen-bond acceptors (Lipinski definition) is 3. The predicted molar refractivity (Wildman–Crippen MR) is 67.1 cm³/mol. The van der Waals surface area contributed by atoms with E-state index in [-0.39, 0.29) is 13.2 Å². The Hall–Kier alpha value is -2.02. The van der Waals surface area contributed by atoms with Crippen molar-refractivity contribution in [1.82, 2.24) is 9.78 Å². The Morgan fingerprint density at radius 3 is 2.75 bits per heavy atom. The van der Waals surface area contributed by atoms with Crippen LogP contribution in [-0.2, 0) is 19.3 Å². The SMILES string of the molecule is NCc1cccc(OCCn2cc(C(F)(F)F)cn2)c1. The highest BCUT2D eigenvalue weighted by molar-refractivity contribution is 5.28. The maximum atomic E-state index is 12.4. The van der Waals surface area contributed by atoms with Crippen LogP contribution in [0.2, 0.25) is 0 Å². The topological polar surface area (TPSA) is 53.1 Å². The summed E-state index contributed by atoms with van der Waals surface area (Å²) < 4.78 is 43.8. The first-order chi connectivity index (χ1) is 9.49. The number of benzene rings is 1. The summed E-state index contributed by atoms with van der Waals surface area (Å²) in [7, 11) is 0. The molecule has 0 amide bonds. The van der Waals surface area contributed by atoms with Crippen LogP contribution in [0.3, 0.4) is 0 Å². The molecule has 0 radical (unpaired) electrons. The molecule has 4 nitrogen and oxygen atoms in total. The van der Waals surface area contributed by atoms with E-state index in [0.717, 1.165) is 18.0 Å². The number of rotatable bonds is 5. The molecule has 0 bridgehead atoms. The number of hydrogen-bond donors (Lipinski definition) is 1. The molecule has 0 saturated carbocycles. The molecule has 0 atom stereocenters. The summed E-state index contributed by atoms with van der Waals surface area (Å²) in [6.07, 6.45) is -2.61. The molecule has 1 aromatic heterocycles. The van der Waals surface area contributed by atoms with Crippen LogP contribution in [0.4, 0.5) is 13.2 Å². The number of nitrogens with two attached hydrogens (primary N) is 1. The standard InChI is InChI=1S/C13H14F3N3O/c14-13(15,16)11-8-18-19(9-11)4-5-20-12-3-1-2-10(6-12)7-17/h1-3,6,8-9H,4-5,7,17H2. The minimum atomic E-state index is -4.37. The van der Waals surface area contributed by atoms with Crippen molar-refractivity contribution in [1.29, 1.82) is 0 Å². The highest BCUT2D eigenvalue weighted by Gasteiger charge is 2.32. The molecule has 0 aliphatic heterocycles. The van der Waals surface area contributed by atoms with Gasteiger partial charge in [-0.05, 0) is 17.7 Å². The van der Waals surface area contributed by atoms with Gasteiger partial charge in [0.1, 0.15) is 12.4 Å². The zero-order chi connectivity index (χ0) is 14.6. The van der Waals surface area contributed by atoms with Crippen LogP contribution < -0.4 is 10.5 Å². The monoisotopic (exact) mass is 285 g/mol. The van der Waals surface area contributed by atoms with Gasteiger partial charge in [-0.3, -0.25) is 4.68 Å². The second-order valence-corrected chi connectivity index (χ2v) is 4.19. The largest absolute Gasteiger partial charge is 0.492 e. The molecule has 0 fully saturated rings. The van der Waals surface area contributed by atoms with Crippen LogP contribution in [0.25, 0.3) is 0 Å². The summed E-state index contributed by atoms with van der Waals surface area (Å²) >= 11 is 0. The lowest BCUT2D eigenvalue weighted by atomic mass is 10.2. The quantitative estimate of drug-likeness (QED) is 0.918. The first-order valence-electron chi connectivity index (χ1n) is 6.00. The fourth-order valence-electron chi connectivity index (χ4n) is 1.65. The lowest BCUT2D eigenvalue weighted by Gasteiger charge is -2.07. The van der Waals surface area contributed by atoms with Crippen molar-refractivity contribution in [2.45, 2.75) is 19.3 Å². The molecule has 0 spiro atoms. The predicted octanol–water partition coefficient (Wildman–Crippen LogP) is 2.44. The second kappa shape index (κ2) is 5.96. The summed E-state index contributed by atoms with van der Waals surface area (Å²) in [5.41, 5.74) is 5.68. The fourth-order valence-corrected chi connectivity index (χ4v) is 1.65. The zero-order valence-electron chi connectivity index (χ0n) is 10.6. The third-order valence-electron chi connectivity index (χ3n) is 2.68. The second-order valence-electron chi connectivity index (χ2n) is 4.19. The zero-order valence-corrected chi connectivity index (χ0v) is 10.6. The number of aromatic nitrogens is 2. The molecular formula is C13H14F3N3O. The van der Waals surface area contributed by atoms with Crippen LogP contribution >= 0.6 is 0 Å². The smallest absolute Gasteiger partial charge is 0.419 e. The van der Waals surface area contributed by atoms with E-state index in [1.165, 1.54) is 4.68 Å². The van der Waals surface area contributed by atoms with Gasteiger partial charge in [0.15, 0.2) is 0 Å². The van der Waals surface area contributed by atoms with Crippen molar-refractivity contribution in [3.05, 3.63) is 47.8 Å². The first-order valence-corrected chi connectivity index (χ1v) is 6.00. The molecule has 0 unspecified atom stereocenters. The Morgan fingerprint density at radius 2 is 2.10 bits per heavy atom. The van der Waals surface area contributed by atoms with Gasteiger partial charge in [-0.25, -0.2) is 0 Å². The van der Waals surface area contributed by atoms with Crippen LogP contribution in [0.1, 0.15) is 11.1 Å². The number of halogens is 3. The minimum absolute atomic E-state index is 0.229. The van der Waals surface area contributed by atoms with Gasteiger partial charge in [0.05, 0.1) is 18.3 Å².